The van der Waals surface area contributed by atoms with Crippen LogP contribution in [0.3, 0.4) is 0 Å². The maximum Gasteiger partial charge on any atom is 0.311 e. The van der Waals surface area contributed by atoms with E-state index in [1.807, 2.05) is 54.6 Å². The first kappa shape index (κ1) is 23.9. The summed E-state index contributed by atoms with van der Waals surface area (Å²) in [5.41, 5.74) is 1.83. The fourth-order valence-corrected chi connectivity index (χ4v) is 3.57. The molecule has 0 saturated heterocycles. The van der Waals surface area contributed by atoms with Crippen LogP contribution in [0.1, 0.15) is 46.8 Å². The van der Waals surface area contributed by atoms with E-state index >= 15 is 0 Å². The lowest BCUT2D eigenvalue weighted by molar-refractivity contribution is -0.151. The molecule has 172 valence electrons. The Balaban J connectivity index is 1.81. The summed E-state index contributed by atoms with van der Waals surface area (Å²) in [4.78, 5) is 36.0. The molecule has 1 aromatic heterocycles. The van der Waals surface area contributed by atoms with E-state index in [9.17, 15) is 24.6 Å². The molecule has 4 N–H and O–H groups in total. The number of carbonyl (C=O) groups is 3. The molecule has 0 bridgehead atoms. The zero-order valence-corrected chi connectivity index (χ0v) is 18.5. The second-order valence-electron chi connectivity index (χ2n) is 8.39. The summed E-state index contributed by atoms with van der Waals surface area (Å²) in [7, 11) is 0. The third-order valence-corrected chi connectivity index (χ3v) is 5.62. The molecule has 8 heteroatoms. The van der Waals surface area contributed by atoms with Gasteiger partial charge in [-0.15, -0.1) is 0 Å². The van der Waals surface area contributed by atoms with Gasteiger partial charge in [-0.1, -0.05) is 54.6 Å². The molecule has 3 aromatic rings. The van der Waals surface area contributed by atoms with Gasteiger partial charge in [-0.2, -0.15) is 5.10 Å². The van der Waals surface area contributed by atoms with Crippen LogP contribution < -0.4 is 5.32 Å². The van der Waals surface area contributed by atoms with Crippen molar-refractivity contribution in [3.63, 3.8) is 0 Å². The molecule has 3 rings (SSSR count). The number of aliphatic hydroxyl groups excluding tert-OH is 1. The Morgan fingerprint density at radius 2 is 1.70 bits per heavy atom. The van der Waals surface area contributed by atoms with Gasteiger partial charge in [0.05, 0.1) is 12.0 Å². The van der Waals surface area contributed by atoms with Gasteiger partial charge in [0.25, 0.3) is 5.91 Å². The highest BCUT2D eigenvalue weighted by molar-refractivity contribution is 5.97. The van der Waals surface area contributed by atoms with Crippen molar-refractivity contribution in [1.82, 2.24) is 15.5 Å². The number of carboxylic acid groups (broad SMARTS) is 1. The van der Waals surface area contributed by atoms with Crippen LogP contribution in [0.4, 0.5) is 0 Å². The summed E-state index contributed by atoms with van der Waals surface area (Å²) in [6.07, 6.45) is 0.371. The second kappa shape index (κ2) is 10.2. The van der Waals surface area contributed by atoms with Crippen LogP contribution in [-0.2, 0) is 11.2 Å². The molecular weight excluding hydrogens is 422 g/mol. The molecule has 2 atom stereocenters. The molecule has 0 fully saturated rings. The zero-order chi connectivity index (χ0) is 24.0. The standard InChI is InChI=1S/C25H27N3O5/c1-16(30)21-13-22(28-27-21)23(31)26-20(14-25(2,15-29)24(32)33)12-17-8-10-19(11-9-17)18-6-4-3-5-7-18/h3-11,13,20,29H,12,14-15H2,1-2H3,(H,26,31)(H,27,28)(H,32,33). The van der Waals surface area contributed by atoms with E-state index in [1.165, 1.54) is 19.9 Å². The van der Waals surface area contributed by atoms with Gasteiger partial charge in [0.1, 0.15) is 11.4 Å². The van der Waals surface area contributed by atoms with Gasteiger partial charge in [0.2, 0.25) is 0 Å². The second-order valence-corrected chi connectivity index (χ2v) is 8.39. The molecule has 0 saturated carbocycles. The Hall–Kier alpha value is -3.78. The normalized spacial score (nSPS) is 13.7. The third kappa shape index (κ3) is 5.93. The SMILES string of the molecule is CC(=O)c1cc(C(=O)NC(Cc2ccc(-c3ccccc3)cc2)CC(C)(CO)C(=O)O)[nH]n1. The molecule has 2 aromatic carbocycles. The number of amides is 1. The predicted octanol–water partition coefficient (Wildman–Crippen LogP) is 3.09. The average molecular weight is 450 g/mol. The van der Waals surface area contributed by atoms with Gasteiger partial charge in [-0.05, 0) is 42.5 Å². The lowest BCUT2D eigenvalue weighted by Crippen LogP contribution is -2.44. The number of hydrogen-bond acceptors (Lipinski definition) is 5. The van der Waals surface area contributed by atoms with Crippen LogP contribution in [0.15, 0.2) is 60.7 Å². The summed E-state index contributed by atoms with van der Waals surface area (Å²) in [6.45, 7) is 2.22. The van der Waals surface area contributed by atoms with Crippen molar-refractivity contribution in [2.24, 2.45) is 5.41 Å². The first-order chi connectivity index (χ1) is 15.7. The van der Waals surface area contributed by atoms with E-state index in [1.54, 1.807) is 0 Å². The maximum atomic E-state index is 12.8. The average Bonchev–Trinajstić information content (AvgIpc) is 3.31. The highest BCUT2D eigenvalue weighted by atomic mass is 16.4. The Labute approximate surface area is 191 Å². The topological polar surface area (TPSA) is 132 Å². The largest absolute Gasteiger partial charge is 0.481 e. The number of rotatable bonds is 10. The first-order valence-corrected chi connectivity index (χ1v) is 10.6. The Kier molecular flexibility index (Phi) is 7.40. The molecule has 1 heterocycles. The number of aromatic nitrogens is 2. The highest BCUT2D eigenvalue weighted by Gasteiger charge is 2.36. The fraction of sp³-hybridized carbons (Fsp3) is 0.280. The summed E-state index contributed by atoms with van der Waals surface area (Å²) in [6, 6.07) is 18.5. The lowest BCUT2D eigenvalue weighted by atomic mass is 9.82. The minimum atomic E-state index is -1.43. The van der Waals surface area contributed by atoms with Crippen molar-refractivity contribution in [3.8, 4) is 11.1 Å². The number of ketones is 1. The minimum Gasteiger partial charge on any atom is -0.481 e. The van der Waals surface area contributed by atoms with Crippen molar-refractivity contribution >= 4 is 17.7 Å². The number of aromatic amines is 1. The maximum absolute atomic E-state index is 12.8. The van der Waals surface area contributed by atoms with E-state index < -0.39 is 29.9 Å². The van der Waals surface area contributed by atoms with Crippen LogP contribution in [0.5, 0.6) is 0 Å². The summed E-state index contributed by atoms with van der Waals surface area (Å²) < 4.78 is 0. The highest BCUT2D eigenvalue weighted by Crippen LogP contribution is 2.26. The van der Waals surface area contributed by atoms with E-state index in [-0.39, 0.29) is 23.6 Å². The van der Waals surface area contributed by atoms with Crippen molar-refractivity contribution in [2.75, 3.05) is 6.61 Å². The number of benzene rings is 2. The van der Waals surface area contributed by atoms with E-state index in [0.717, 1.165) is 16.7 Å². The molecule has 8 nitrogen and oxygen atoms in total. The molecule has 0 radical (unpaired) electrons. The van der Waals surface area contributed by atoms with Gasteiger partial charge in [-0.3, -0.25) is 19.5 Å². The van der Waals surface area contributed by atoms with Crippen molar-refractivity contribution in [3.05, 3.63) is 77.6 Å². The van der Waals surface area contributed by atoms with Crippen LogP contribution in [0.2, 0.25) is 0 Å². The third-order valence-electron chi connectivity index (χ3n) is 5.62. The van der Waals surface area contributed by atoms with Gasteiger partial charge in [0.15, 0.2) is 5.78 Å². The smallest absolute Gasteiger partial charge is 0.311 e. The van der Waals surface area contributed by atoms with Crippen molar-refractivity contribution in [2.45, 2.75) is 32.7 Å². The van der Waals surface area contributed by atoms with Crippen molar-refractivity contribution in [1.29, 1.82) is 0 Å². The molecule has 2 unspecified atom stereocenters. The molecule has 0 aliphatic carbocycles. The number of aliphatic carboxylic acids is 1. The molecular formula is C25H27N3O5. The number of Topliss-reactive ketones (excluding diaryl/α,β-unsaturated/α-hetero) is 1. The van der Waals surface area contributed by atoms with Crippen LogP contribution in [0.25, 0.3) is 11.1 Å². The van der Waals surface area contributed by atoms with Crippen molar-refractivity contribution < 1.29 is 24.6 Å². The van der Waals surface area contributed by atoms with E-state index in [0.29, 0.717) is 6.42 Å². The summed E-state index contributed by atoms with van der Waals surface area (Å²) >= 11 is 0. The Morgan fingerprint density at radius 1 is 1.06 bits per heavy atom. The first-order valence-electron chi connectivity index (χ1n) is 10.6. The van der Waals surface area contributed by atoms with E-state index in [4.69, 9.17) is 0 Å². The number of hydrogen-bond donors (Lipinski definition) is 4. The summed E-state index contributed by atoms with van der Waals surface area (Å²) in [5, 5.41) is 28.5. The molecule has 0 aliphatic rings. The zero-order valence-electron chi connectivity index (χ0n) is 18.5. The van der Waals surface area contributed by atoms with Crippen LogP contribution >= 0.6 is 0 Å². The monoisotopic (exact) mass is 449 g/mol. The number of carboxylic acids is 1. The van der Waals surface area contributed by atoms with E-state index in [2.05, 4.69) is 15.5 Å². The number of nitrogens with one attached hydrogen (secondary N) is 2. The predicted molar refractivity (Wildman–Crippen MR) is 123 cm³/mol. The number of aliphatic hydroxyl groups is 1. The number of nitrogens with zero attached hydrogens (tertiary/aromatic N) is 1. The van der Waals surface area contributed by atoms with Gasteiger partial charge in [0, 0.05) is 13.0 Å². The Morgan fingerprint density at radius 3 is 2.24 bits per heavy atom. The Bertz CT molecular complexity index is 1120. The van der Waals surface area contributed by atoms with Crippen LogP contribution in [-0.4, -0.2) is 50.7 Å². The number of H-pyrrole nitrogens is 1. The fourth-order valence-electron chi connectivity index (χ4n) is 3.57. The molecule has 33 heavy (non-hydrogen) atoms. The number of carbonyl (C=O) groups excluding carboxylic acids is 2. The van der Waals surface area contributed by atoms with Gasteiger partial charge < -0.3 is 15.5 Å². The van der Waals surface area contributed by atoms with Gasteiger partial charge >= 0.3 is 5.97 Å². The van der Waals surface area contributed by atoms with Crippen LogP contribution in [0, 0.1) is 5.41 Å². The molecule has 0 spiro atoms. The quantitative estimate of drug-likeness (QED) is 0.352. The molecule has 1 amide bonds. The summed E-state index contributed by atoms with van der Waals surface area (Å²) in [5.74, 6) is -1.94. The van der Waals surface area contributed by atoms with Gasteiger partial charge in [-0.25, -0.2) is 0 Å². The minimum absolute atomic E-state index is 0.0126. The molecule has 0 aliphatic heterocycles. The lowest BCUT2D eigenvalue weighted by Gasteiger charge is -2.28.